The summed E-state index contributed by atoms with van der Waals surface area (Å²) in [5.41, 5.74) is 0. The van der Waals surface area contributed by atoms with Gasteiger partial charge in [0.25, 0.3) is 0 Å². The van der Waals surface area contributed by atoms with Crippen LogP contribution in [-0.2, 0) is 9.05 Å². The molecule has 78 valence electrons. The Morgan fingerprint density at radius 2 is 2.00 bits per heavy atom. The molecule has 0 aromatic rings. The van der Waals surface area contributed by atoms with Gasteiger partial charge in [-0.1, -0.05) is 13.8 Å². The summed E-state index contributed by atoms with van der Waals surface area (Å²) in [5, 5.41) is 10.5. The molecule has 0 saturated carbocycles. The minimum absolute atomic E-state index is 0.121. The van der Waals surface area contributed by atoms with Crippen molar-refractivity contribution < 1.29 is 18.3 Å². The van der Waals surface area contributed by atoms with Gasteiger partial charge < -0.3 is 10.4 Å². The third kappa shape index (κ3) is 6.65. The lowest BCUT2D eigenvalue weighted by Crippen LogP contribution is -2.41. The highest BCUT2D eigenvalue weighted by Gasteiger charge is 2.21. The van der Waals surface area contributed by atoms with Crippen molar-refractivity contribution in [1.29, 1.82) is 0 Å². The molecule has 13 heavy (non-hydrogen) atoms. The average Bonchev–Trinajstić information content (AvgIpc) is 1.81. The number of hydrogen-bond donors (Lipinski definition) is 2. The zero-order chi connectivity index (χ0) is 10.6. The van der Waals surface area contributed by atoms with Crippen molar-refractivity contribution in [3.05, 3.63) is 0 Å². The number of rotatable bonds is 4. The molecule has 1 amide bonds. The average molecular weight is 230 g/mol. The molecule has 0 bridgehead atoms. The summed E-state index contributed by atoms with van der Waals surface area (Å²) in [6.45, 7) is 3.42. The fourth-order valence-corrected chi connectivity index (χ4v) is 2.08. The van der Waals surface area contributed by atoms with Crippen LogP contribution in [0.5, 0.6) is 0 Å². The zero-order valence-corrected chi connectivity index (χ0v) is 8.89. The van der Waals surface area contributed by atoms with Crippen LogP contribution in [0.4, 0.5) is 4.79 Å². The monoisotopic (exact) mass is 229 g/mol. The van der Waals surface area contributed by atoms with E-state index in [9.17, 15) is 13.2 Å². The SMILES string of the molecule is CC(C)C(CS(=O)(=O)Cl)NC(=O)O. The van der Waals surface area contributed by atoms with Gasteiger partial charge in [-0.3, -0.25) is 0 Å². The molecular formula is C6H12ClNO4S. The van der Waals surface area contributed by atoms with E-state index in [1.807, 2.05) is 0 Å². The fraction of sp³-hybridized carbons (Fsp3) is 0.833. The molecule has 5 nitrogen and oxygen atoms in total. The van der Waals surface area contributed by atoms with Gasteiger partial charge in [0.15, 0.2) is 0 Å². The van der Waals surface area contributed by atoms with E-state index in [1.165, 1.54) is 0 Å². The summed E-state index contributed by atoms with van der Waals surface area (Å²) >= 11 is 0. The fourth-order valence-electron chi connectivity index (χ4n) is 0.774. The topological polar surface area (TPSA) is 83.5 Å². The number of halogens is 1. The first-order chi connectivity index (χ1) is 5.72. The van der Waals surface area contributed by atoms with Crippen molar-refractivity contribution >= 4 is 25.8 Å². The van der Waals surface area contributed by atoms with Crippen molar-refractivity contribution in [3.63, 3.8) is 0 Å². The molecule has 0 aliphatic rings. The van der Waals surface area contributed by atoms with Gasteiger partial charge >= 0.3 is 6.09 Å². The summed E-state index contributed by atoms with van der Waals surface area (Å²) < 4.78 is 21.3. The van der Waals surface area contributed by atoms with Crippen LogP contribution in [0.2, 0.25) is 0 Å². The Morgan fingerprint density at radius 1 is 1.54 bits per heavy atom. The smallest absolute Gasteiger partial charge is 0.404 e. The minimum atomic E-state index is -3.67. The van der Waals surface area contributed by atoms with Gasteiger partial charge in [0.2, 0.25) is 9.05 Å². The molecule has 0 heterocycles. The molecule has 7 heteroatoms. The van der Waals surface area contributed by atoms with Crippen LogP contribution in [0, 0.1) is 5.92 Å². The molecule has 0 fully saturated rings. The number of hydrogen-bond acceptors (Lipinski definition) is 3. The Hall–Kier alpha value is -0.490. The van der Waals surface area contributed by atoms with Gasteiger partial charge in [-0.25, -0.2) is 13.2 Å². The van der Waals surface area contributed by atoms with Gasteiger partial charge in [0.1, 0.15) is 0 Å². The first-order valence-electron chi connectivity index (χ1n) is 3.64. The third-order valence-electron chi connectivity index (χ3n) is 1.49. The van der Waals surface area contributed by atoms with Crippen LogP contribution >= 0.6 is 10.7 Å². The highest BCUT2D eigenvalue weighted by atomic mass is 35.7. The lowest BCUT2D eigenvalue weighted by molar-refractivity contribution is 0.187. The second-order valence-electron chi connectivity index (χ2n) is 3.01. The van der Waals surface area contributed by atoms with Gasteiger partial charge in [0.05, 0.1) is 5.75 Å². The lowest BCUT2D eigenvalue weighted by atomic mass is 10.1. The van der Waals surface area contributed by atoms with Crippen LogP contribution < -0.4 is 5.32 Å². The zero-order valence-electron chi connectivity index (χ0n) is 7.32. The van der Waals surface area contributed by atoms with Crippen LogP contribution in [0.1, 0.15) is 13.8 Å². The maximum atomic E-state index is 10.7. The van der Waals surface area contributed by atoms with Gasteiger partial charge in [-0.05, 0) is 5.92 Å². The summed E-state index contributed by atoms with van der Waals surface area (Å²) in [5.74, 6) is -0.511. The highest BCUT2D eigenvalue weighted by molar-refractivity contribution is 8.13. The van der Waals surface area contributed by atoms with Crippen LogP contribution in [0.15, 0.2) is 0 Å². The van der Waals surface area contributed by atoms with E-state index in [2.05, 4.69) is 5.32 Å². The normalized spacial score (nSPS) is 14.2. The highest BCUT2D eigenvalue weighted by Crippen LogP contribution is 2.07. The van der Waals surface area contributed by atoms with E-state index in [4.69, 9.17) is 15.8 Å². The van der Waals surface area contributed by atoms with Crippen molar-refractivity contribution in [3.8, 4) is 0 Å². The lowest BCUT2D eigenvalue weighted by Gasteiger charge is -2.18. The Morgan fingerprint density at radius 3 is 2.23 bits per heavy atom. The van der Waals surface area contributed by atoms with E-state index in [0.717, 1.165) is 0 Å². The second kappa shape index (κ2) is 4.66. The Balaban J connectivity index is 4.36. The largest absolute Gasteiger partial charge is 0.465 e. The number of carbonyl (C=O) groups is 1. The van der Waals surface area contributed by atoms with Crippen molar-refractivity contribution in [2.24, 2.45) is 5.92 Å². The molecule has 0 aliphatic carbocycles. The molecule has 0 spiro atoms. The first kappa shape index (κ1) is 12.5. The van der Waals surface area contributed by atoms with Crippen molar-refractivity contribution in [2.75, 3.05) is 5.75 Å². The number of amides is 1. The Bertz CT molecular complexity index is 274. The molecular weight excluding hydrogens is 218 g/mol. The predicted octanol–water partition coefficient (Wildman–Crippen LogP) is 0.847. The summed E-state index contributed by atoms with van der Waals surface area (Å²) in [7, 11) is 1.33. The van der Waals surface area contributed by atoms with E-state index in [0.29, 0.717) is 0 Å². The number of nitrogens with one attached hydrogen (secondary N) is 1. The van der Waals surface area contributed by atoms with Crippen LogP contribution in [-0.4, -0.2) is 31.4 Å². The summed E-state index contributed by atoms with van der Waals surface area (Å²) in [6.07, 6.45) is -1.25. The van der Waals surface area contributed by atoms with Gasteiger partial charge in [-0.2, -0.15) is 0 Å². The number of carboxylic acid groups (broad SMARTS) is 1. The molecule has 0 rings (SSSR count). The molecule has 0 aromatic heterocycles. The quantitative estimate of drug-likeness (QED) is 0.700. The maximum Gasteiger partial charge on any atom is 0.404 e. The van der Waals surface area contributed by atoms with Crippen LogP contribution in [0.25, 0.3) is 0 Å². The third-order valence-corrected chi connectivity index (χ3v) is 2.63. The molecule has 2 N–H and O–H groups in total. The van der Waals surface area contributed by atoms with E-state index < -0.39 is 26.9 Å². The van der Waals surface area contributed by atoms with Crippen molar-refractivity contribution in [2.45, 2.75) is 19.9 Å². The van der Waals surface area contributed by atoms with E-state index >= 15 is 0 Å². The minimum Gasteiger partial charge on any atom is -0.465 e. The van der Waals surface area contributed by atoms with Gasteiger partial charge in [0, 0.05) is 16.7 Å². The summed E-state index contributed by atoms with van der Waals surface area (Å²) in [6, 6.07) is -0.667. The van der Waals surface area contributed by atoms with Crippen molar-refractivity contribution in [1.82, 2.24) is 5.32 Å². The molecule has 0 saturated heterocycles. The Labute approximate surface area is 81.5 Å². The maximum absolute atomic E-state index is 10.7. The predicted molar refractivity (Wildman–Crippen MR) is 49.4 cm³/mol. The second-order valence-corrected chi connectivity index (χ2v) is 5.83. The summed E-state index contributed by atoms with van der Waals surface area (Å²) in [4.78, 5) is 10.3. The van der Waals surface area contributed by atoms with E-state index in [-0.39, 0.29) is 5.92 Å². The molecule has 0 radical (unpaired) electrons. The van der Waals surface area contributed by atoms with E-state index in [1.54, 1.807) is 13.8 Å². The molecule has 1 atom stereocenters. The molecule has 0 aliphatic heterocycles. The Kier molecular flexibility index (Phi) is 4.49. The standard InChI is InChI=1S/C6H12ClNO4S/c1-4(2)5(8-6(9)10)3-13(7,11)12/h4-5,8H,3H2,1-2H3,(H,9,10). The first-order valence-corrected chi connectivity index (χ1v) is 6.12. The molecule has 0 aromatic carbocycles. The van der Waals surface area contributed by atoms with Crippen LogP contribution in [0.3, 0.4) is 0 Å². The van der Waals surface area contributed by atoms with Gasteiger partial charge in [-0.15, -0.1) is 0 Å². The molecule has 1 unspecified atom stereocenters.